The summed E-state index contributed by atoms with van der Waals surface area (Å²) < 4.78 is 0. The third kappa shape index (κ3) is 3.24. The van der Waals surface area contributed by atoms with Gasteiger partial charge in [0.1, 0.15) is 0 Å². The van der Waals surface area contributed by atoms with Crippen LogP contribution in [0.25, 0.3) is 11.1 Å². The number of halogens is 2. The summed E-state index contributed by atoms with van der Waals surface area (Å²) in [5.41, 5.74) is 7.05. The number of nitrogens with zero attached hydrogens (tertiary/aromatic N) is 1. The van der Waals surface area contributed by atoms with E-state index in [1.807, 2.05) is 0 Å². The zero-order valence-electron chi connectivity index (χ0n) is 11.0. The van der Waals surface area contributed by atoms with Crippen LogP contribution in [-0.4, -0.2) is 14.1 Å². The van der Waals surface area contributed by atoms with Gasteiger partial charge in [-0.05, 0) is 29.2 Å². The molecule has 0 saturated heterocycles. The summed E-state index contributed by atoms with van der Waals surface area (Å²) in [5, 5.41) is 0. The van der Waals surface area contributed by atoms with Gasteiger partial charge in [-0.25, -0.2) is 0 Å². The second kappa shape index (κ2) is 6.93. The summed E-state index contributed by atoms with van der Waals surface area (Å²) in [6.07, 6.45) is 1.08. The first-order valence-electron chi connectivity index (χ1n) is 6.02. The topological polar surface area (TPSA) is 3.24 Å². The molecular formula is C15H15Cl2NZr. The molecule has 0 unspecified atom stereocenters. The fraction of sp³-hybridized carbons (Fsp3) is 0.200. The van der Waals surface area contributed by atoms with Gasteiger partial charge in [0, 0.05) is 25.3 Å². The standard InChI is InChI=1S/C15H15N.2ClH.Zr/c1-16(2)14-9-5-7-12-10-11-6-3-4-8-13(11)15(12)14;;;/h3-9H,10H2,1-2H3;2*1H;/q;;;+2/p-2. The molecule has 0 radical (unpaired) electrons. The quantitative estimate of drug-likeness (QED) is 0.599. The molecule has 1 aliphatic carbocycles. The minimum absolute atomic E-state index is 0.826. The van der Waals surface area contributed by atoms with E-state index in [2.05, 4.69) is 61.5 Å². The second-order valence-electron chi connectivity index (χ2n) is 4.61. The normalized spacial score (nSPS) is 10.9. The Hall–Kier alpha value is -0.297. The third-order valence-corrected chi connectivity index (χ3v) is 3.28. The Labute approximate surface area is 133 Å². The van der Waals surface area contributed by atoms with Crippen molar-refractivity contribution in [1.29, 1.82) is 0 Å². The predicted octanol–water partition coefficient (Wildman–Crippen LogP) is 4.70. The average molecular weight is 371 g/mol. The molecule has 4 heteroatoms. The molecule has 0 bridgehead atoms. The fourth-order valence-corrected chi connectivity index (χ4v) is 2.54. The first-order valence-corrected chi connectivity index (χ1v) is 12.4. The van der Waals surface area contributed by atoms with Crippen LogP contribution >= 0.6 is 17.0 Å². The molecule has 0 atom stereocenters. The van der Waals surface area contributed by atoms with Crippen molar-refractivity contribution in [3.63, 3.8) is 0 Å². The van der Waals surface area contributed by atoms with Gasteiger partial charge in [0.05, 0.1) is 0 Å². The molecule has 0 aliphatic heterocycles. The van der Waals surface area contributed by atoms with Gasteiger partial charge in [0.2, 0.25) is 0 Å². The summed E-state index contributed by atoms with van der Waals surface area (Å²) in [7, 11) is 14.1. The Balaban J connectivity index is 0.000000408. The maximum absolute atomic E-state index is 4.93. The summed E-state index contributed by atoms with van der Waals surface area (Å²) in [6.45, 7) is 0. The maximum atomic E-state index is 4.93. The first kappa shape index (κ1) is 15.1. The second-order valence-corrected chi connectivity index (χ2v) is 8.34. The van der Waals surface area contributed by atoms with Crippen molar-refractivity contribution in [2.75, 3.05) is 19.0 Å². The van der Waals surface area contributed by atoms with E-state index in [0.29, 0.717) is 0 Å². The van der Waals surface area contributed by atoms with E-state index in [9.17, 15) is 0 Å². The molecule has 0 saturated carbocycles. The van der Waals surface area contributed by atoms with Gasteiger partial charge in [0.15, 0.2) is 0 Å². The van der Waals surface area contributed by atoms with Crippen molar-refractivity contribution in [2.24, 2.45) is 0 Å². The summed E-state index contributed by atoms with van der Waals surface area (Å²) in [4.78, 5) is 2.20. The number of anilines is 1. The molecule has 1 nitrogen and oxygen atoms in total. The Bertz CT molecular complexity index is 570. The van der Waals surface area contributed by atoms with Crippen molar-refractivity contribution in [1.82, 2.24) is 0 Å². The van der Waals surface area contributed by atoms with Crippen LogP contribution in [0.3, 0.4) is 0 Å². The number of hydrogen-bond donors (Lipinski definition) is 0. The van der Waals surface area contributed by atoms with E-state index >= 15 is 0 Å². The van der Waals surface area contributed by atoms with Crippen LogP contribution in [0.2, 0.25) is 0 Å². The summed E-state index contributed by atoms with van der Waals surface area (Å²) in [6, 6.07) is 15.3. The van der Waals surface area contributed by atoms with Crippen molar-refractivity contribution in [2.45, 2.75) is 6.42 Å². The van der Waals surface area contributed by atoms with E-state index in [0.717, 1.165) is 6.42 Å². The van der Waals surface area contributed by atoms with Crippen LogP contribution in [0, 0.1) is 0 Å². The molecule has 3 rings (SSSR count). The first-order chi connectivity index (χ1) is 9.19. The van der Waals surface area contributed by atoms with Crippen LogP contribution in [0.15, 0.2) is 42.5 Å². The van der Waals surface area contributed by atoms with Gasteiger partial charge in [-0.1, -0.05) is 36.4 Å². The van der Waals surface area contributed by atoms with Crippen LogP contribution in [0.1, 0.15) is 11.1 Å². The van der Waals surface area contributed by atoms with Crippen molar-refractivity contribution in [3.05, 3.63) is 53.6 Å². The molecule has 1 aliphatic rings. The van der Waals surface area contributed by atoms with Crippen LogP contribution in [-0.2, 0) is 27.3 Å². The van der Waals surface area contributed by atoms with E-state index in [-0.39, 0.29) is 0 Å². The van der Waals surface area contributed by atoms with Gasteiger partial charge < -0.3 is 4.90 Å². The molecule has 0 N–H and O–H groups in total. The third-order valence-electron chi connectivity index (χ3n) is 3.28. The number of benzene rings is 2. The van der Waals surface area contributed by atoms with E-state index < -0.39 is 20.8 Å². The minimum atomic E-state index is -0.826. The van der Waals surface area contributed by atoms with Gasteiger partial charge in [-0.2, -0.15) is 0 Å². The van der Waals surface area contributed by atoms with Gasteiger partial charge in [-0.3, -0.25) is 0 Å². The Kier molecular flexibility index (Phi) is 5.50. The molecule has 0 aromatic heterocycles. The Morgan fingerprint density at radius 3 is 2.26 bits per heavy atom. The molecule has 98 valence electrons. The number of fused-ring (bicyclic) bond motifs is 3. The SMILES string of the molecule is CN(C)c1cccc2c1-c1ccccc1C2.[Cl][Zr][Cl]. The van der Waals surface area contributed by atoms with E-state index in [1.165, 1.54) is 27.9 Å². The zero-order chi connectivity index (χ0) is 13.8. The molecule has 2 aromatic carbocycles. The zero-order valence-corrected chi connectivity index (χ0v) is 14.9. The number of hydrogen-bond acceptors (Lipinski definition) is 1. The molecule has 0 heterocycles. The molecule has 0 fully saturated rings. The van der Waals surface area contributed by atoms with Gasteiger partial charge in [-0.15, -0.1) is 0 Å². The number of rotatable bonds is 1. The Morgan fingerprint density at radius 1 is 0.947 bits per heavy atom. The average Bonchev–Trinajstić information content (AvgIpc) is 2.77. The van der Waals surface area contributed by atoms with Crippen LogP contribution in [0.5, 0.6) is 0 Å². The monoisotopic (exact) mass is 369 g/mol. The van der Waals surface area contributed by atoms with E-state index in [1.54, 1.807) is 0 Å². The van der Waals surface area contributed by atoms with Gasteiger partial charge >= 0.3 is 37.9 Å². The van der Waals surface area contributed by atoms with Crippen molar-refractivity contribution >= 4 is 22.7 Å². The summed E-state index contributed by atoms with van der Waals surface area (Å²) in [5.74, 6) is 0. The van der Waals surface area contributed by atoms with E-state index in [4.69, 9.17) is 17.0 Å². The summed E-state index contributed by atoms with van der Waals surface area (Å²) >= 11 is -0.826. The molecule has 0 amide bonds. The molecule has 19 heavy (non-hydrogen) atoms. The molecule has 2 aromatic rings. The van der Waals surface area contributed by atoms with Crippen molar-refractivity contribution < 1.29 is 20.8 Å². The molecule has 0 spiro atoms. The Morgan fingerprint density at radius 2 is 1.58 bits per heavy atom. The predicted molar refractivity (Wildman–Crippen MR) is 80.7 cm³/mol. The fourth-order valence-electron chi connectivity index (χ4n) is 2.54. The van der Waals surface area contributed by atoms with Crippen LogP contribution in [0.4, 0.5) is 5.69 Å². The van der Waals surface area contributed by atoms with Crippen LogP contribution < -0.4 is 4.90 Å². The molecular weight excluding hydrogens is 356 g/mol. The van der Waals surface area contributed by atoms with Crippen molar-refractivity contribution in [3.8, 4) is 11.1 Å². The van der Waals surface area contributed by atoms with Gasteiger partial charge in [0.25, 0.3) is 0 Å².